The van der Waals surface area contributed by atoms with Crippen LogP contribution in [0.15, 0.2) is 28.0 Å². The van der Waals surface area contributed by atoms with Crippen LogP contribution in [0.25, 0.3) is 0 Å². The highest BCUT2D eigenvalue weighted by Crippen LogP contribution is 2.32. The number of non-ortho nitro benzene ring substituents is 1. The maximum absolute atomic E-state index is 12.7. The molecule has 136 valence electrons. The molecule has 0 saturated carbocycles. The molecule has 0 fully saturated rings. The fraction of sp³-hybridized carbons (Fsp3) is 0.375. The van der Waals surface area contributed by atoms with Gasteiger partial charge in [0.1, 0.15) is 5.57 Å². The molecule has 0 unspecified atom stereocenters. The van der Waals surface area contributed by atoms with E-state index in [9.17, 15) is 19.7 Å². The number of hydrogen-bond acceptors (Lipinski definition) is 6. The number of carbonyl (C=O) groups excluding carboxylic acids is 2. The van der Waals surface area contributed by atoms with Crippen LogP contribution in [0, 0.1) is 16.0 Å². The average molecular weight is 403 g/mol. The van der Waals surface area contributed by atoms with Gasteiger partial charge in [0, 0.05) is 18.6 Å². The van der Waals surface area contributed by atoms with Crippen molar-refractivity contribution in [3.05, 3.63) is 43.1 Å². The van der Waals surface area contributed by atoms with E-state index in [0.29, 0.717) is 4.24 Å². The minimum Gasteiger partial charge on any atom is -0.320 e. The zero-order valence-corrected chi connectivity index (χ0v) is 16.7. The summed E-state index contributed by atoms with van der Waals surface area (Å²) in [5, 5.41) is 13.6. The monoisotopic (exact) mass is 402 g/mol. The van der Waals surface area contributed by atoms with Crippen LogP contribution < -0.4 is 5.32 Å². The van der Waals surface area contributed by atoms with Gasteiger partial charge in [0.15, 0.2) is 5.78 Å². The van der Waals surface area contributed by atoms with Crippen molar-refractivity contribution in [1.82, 2.24) is 0 Å². The van der Waals surface area contributed by atoms with Gasteiger partial charge < -0.3 is 5.32 Å². The number of thioether (sulfide) groups is 2. The molecular formula is C16H19ClN2O4S2. The molecule has 1 aromatic rings. The fourth-order valence-electron chi connectivity index (χ4n) is 2.00. The Morgan fingerprint density at radius 2 is 1.88 bits per heavy atom. The van der Waals surface area contributed by atoms with Crippen molar-refractivity contribution >= 4 is 58.2 Å². The van der Waals surface area contributed by atoms with Gasteiger partial charge in [-0.1, -0.05) is 25.4 Å². The number of anilines is 1. The number of benzene rings is 1. The van der Waals surface area contributed by atoms with Crippen LogP contribution in [0.1, 0.15) is 20.3 Å². The number of hydrogen-bond donors (Lipinski definition) is 1. The third-order valence-corrected chi connectivity index (χ3v) is 5.56. The lowest BCUT2D eigenvalue weighted by Gasteiger charge is -2.13. The van der Waals surface area contributed by atoms with Gasteiger partial charge in [-0.2, -0.15) is 0 Å². The van der Waals surface area contributed by atoms with Gasteiger partial charge in [-0.3, -0.25) is 19.7 Å². The number of amides is 1. The normalized spacial score (nSPS) is 10.5. The number of nitrogens with one attached hydrogen (secondary N) is 1. The SMILES string of the molecule is CSC(SC)=C(C(=O)CC(C)C)C(=O)Nc1cc([N+](=O)[O-])ccc1Cl. The highest BCUT2D eigenvalue weighted by molar-refractivity contribution is 8.21. The summed E-state index contributed by atoms with van der Waals surface area (Å²) in [6, 6.07) is 3.75. The lowest BCUT2D eigenvalue weighted by atomic mass is 10.0. The molecule has 0 aromatic heterocycles. The lowest BCUT2D eigenvalue weighted by molar-refractivity contribution is -0.384. The largest absolute Gasteiger partial charge is 0.320 e. The second-order valence-corrected chi connectivity index (χ2v) is 7.77. The zero-order valence-electron chi connectivity index (χ0n) is 14.3. The third-order valence-electron chi connectivity index (χ3n) is 3.08. The van der Waals surface area contributed by atoms with Crippen LogP contribution in [0.2, 0.25) is 5.02 Å². The molecule has 0 spiro atoms. The van der Waals surface area contributed by atoms with Crippen molar-refractivity contribution < 1.29 is 14.5 Å². The number of ketones is 1. The first kappa shape index (κ1) is 21.5. The molecule has 1 N–H and O–H groups in total. The summed E-state index contributed by atoms with van der Waals surface area (Å²) >= 11 is 8.62. The Morgan fingerprint density at radius 3 is 2.36 bits per heavy atom. The number of carbonyl (C=O) groups is 2. The molecule has 9 heteroatoms. The number of halogens is 1. The summed E-state index contributed by atoms with van der Waals surface area (Å²) in [6.45, 7) is 3.78. The maximum atomic E-state index is 12.7. The molecule has 6 nitrogen and oxygen atoms in total. The first-order valence-corrected chi connectivity index (χ1v) is 10.1. The van der Waals surface area contributed by atoms with Crippen LogP contribution in [0.3, 0.4) is 0 Å². The molecule has 0 aliphatic heterocycles. The molecule has 0 heterocycles. The van der Waals surface area contributed by atoms with Gasteiger partial charge in [0.2, 0.25) is 0 Å². The fourth-order valence-corrected chi connectivity index (χ4v) is 3.65. The van der Waals surface area contributed by atoms with Crippen molar-refractivity contribution in [3.63, 3.8) is 0 Å². The van der Waals surface area contributed by atoms with E-state index in [2.05, 4.69) is 5.32 Å². The van der Waals surface area contributed by atoms with E-state index < -0.39 is 10.8 Å². The first-order valence-electron chi connectivity index (χ1n) is 7.32. The van der Waals surface area contributed by atoms with E-state index in [4.69, 9.17) is 11.6 Å². The summed E-state index contributed by atoms with van der Waals surface area (Å²) in [7, 11) is 0. The molecule has 1 aromatic carbocycles. The summed E-state index contributed by atoms with van der Waals surface area (Å²) in [6.07, 6.45) is 3.79. The number of nitrogens with zero attached hydrogens (tertiary/aromatic N) is 1. The molecule has 0 aliphatic carbocycles. The lowest BCUT2D eigenvalue weighted by Crippen LogP contribution is -2.23. The molecule has 1 rings (SSSR count). The second-order valence-electron chi connectivity index (χ2n) is 5.47. The van der Waals surface area contributed by atoms with Crippen LogP contribution in [0.5, 0.6) is 0 Å². The van der Waals surface area contributed by atoms with E-state index >= 15 is 0 Å². The van der Waals surface area contributed by atoms with E-state index in [0.717, 1.165) is 0 Å². The van der Waals surface area contributed by atoms with E-state index in [1.807, 2.05) is 13.8 Å². The van der Waals surface area contributed by atoms with Gasteiger partial charge in [-0.05, 0) is 24.5 Å². The number of nitro benzene ring substituents is 1. The highest BCUT2D eigenvalue weighted by atomic mass is 35.5. The Balaban J connectivity index is 3.24. The summed E-state index contributed by atoms with van der Waals surface area (Å²) in [5.74, 6) is -0.791. The Kier molecular flexibility index (Phi) is 8.47. The predicted molar refractivity (Wildman–Crippen MR) is 105 cm³/mol. The summed E-state index contributed by atoms with van der Waals surface area (Å²) in [5.41, 5.74) is -0.0535. The van der Waals surface area contributed by atoms with Crippen LogP contribution >= 0.6 is 35.1 Å². The zero-order chi connectivity index (χ0) is 19.1. The Morgan fingerprint density at radius 1 is 1.28 bits per heavy atom. The third kappa shape index (κ3) is 6.05. The smallest absolute Gasteiger partial charge is 0.271 e. The highest BCUT2D eigenvalue weighted by Gasteiger charge is 2.24. The van der Waals surface area contributed by atoms with Crippen LogP contribution in [-0.4, -0.2) is 29.1 Å². The van der Waals surface area contributed by atoms with Crippen LogP contribution in [-0.2, 0) is 9.59 Å². The molecule has 0 radical (unpaired) electrons. The van der Waals surface area contributed by atoms with Crippen molar-refractivity contribution in [3.8, 4) is 0 Å². The summed E-state index contributed by atoms with van der Waals surface area (Å²) in [4.78, 5) is 35.5. The van der Waals surface area contributed by atoms with E-state index in [1.165, 1.54) is 41.7 Å². The molecule has 25 heavy (non-hydrogen) atoms. The standard InChI is InChI=1S/C16H19ClN2O4S2/c1-9(2)7-13(20)14(16(24-3)25-4)15(21)18-12-8-10(19(22)23)5-6-11(12)17/h5-6,8-9H,7H2,1-4H3,(H,18,21). The van der Waals surface area contributed by atoms with Gasteiger partial charge in [-0.25, -0.2) is 0 Å². The van der Waals surface area contributed by atoms with Gasteiger partial charge in [-0.15, -0.1) is 23.5 Å². The molecule has 0 bridgehead atoms. The van der Waals surface area contributed by atoms with Crippen LogP contribution in [0.4, 0.5) is 11.4 Å². The average Bonchev–Trinajstić information content (AvgIpc) is 2.53. The Labute approximate surface area is 159 Å². The molecule has 0 atom stereocenters. The topological polar surface area (TPSA) is 89.3 Å². The Bertz CT molecular complexity index is 714. The molecule has 0 aliphatic rings. The summed E-state index contributed by atoms with van der Waals surface area (Å²) < 4.78 is 0.588. The van der Waals surface area contributed by atoms with Crippen molar-refractivity contribution in [2.75, 3.05) is 17.8 Å². The number of rotatable bonds is 8. The Hall–Kier alpha value is -1.51. The van der Waals surface area contributed by atoms with Crippen molar-refractivity contribution in [1.29, 1.82) is 0 Å². The van der Waals surface area contributed by atoms with Gasteiger partial charge in [0.05, 0.1) is 19.9 Å². The van der Waals surface area contributed by atoms with E-state index in [1.54, 1.807) is 12.5 Å². The number of Topliss-reactive ketones (excluding diaryl/α,β-unsaturated/α-hetero) is 1. The molecule has 0 saturated heterocycles. The first-order chi connectivity index (χ1) is 11.7. The minimum absolute atomic E-state index is 0.0521. The van der Waals surface area contributed by atoms with Crippen molar-refractivity contribution in [2.45, 2.75) is 20.3 Å². The molecule has 1 amide bonds. The predicted octanol–water partition coefficient (Wildman–Crippen LogP) is 4.74. The van der Waals surface area contributed by atoms with E-state index in [-0.39, 0.29) is 40.1 Å². The van der Waals surface area contributed by atoms with Gasteiger partial charge in [0.25, 0.3) is 11.6 Å². The van der Waals surface area contributed by atoms with Gasteiger partial charge >= 0.3 is 0 Å². The van der Waals surface area contributed by atoms with Crippen molar-refractivity contribution in [2.24, 2.45) is 5.92 Å². The maximum Gasteiger partial charge on any atom is 0.271 e. The number of nitro groups is 1. The molecular weight excluding hydrogens is 384 g/mol. The minimum atomic E-state index is -0.619. The second kappa shape index (κ2) is 9.84. The quantitative estimate of drug-likeness (QED) is 0.222.